The first-order valence-corrected chi connectivity index (χ1v) is 11.8. The Morgan fingerprint density at radius 1 is 1.20 bits per heavy atom. The number of carbonyl (C=O) groups is 1. The number of hydrogen-bond donors (Lipinski definition) is 0. The van der Waals surface area contributed by atoms with Crippen LogP contribution in [0.2, 0.25) is 0 Å². The molecule has 4 nitrogen and oxygen atoms in total. The second-order valence-electron chi connectivity index (χ2n) is 7.22. The molecule has 0 saturated carbocycles. The lowest BCUT2D eigenvalue weighted by Gasteiger charge is -2.16. The normalized spacial score (nSPS) is 15.4. The Bertz CT molecular complexity index is 960. The number of hydrogen-bond acceptors (Lipinski definition) is 5. The van der Waals surface area contributed by atoms with Gasteiger partial charge in [0, 0.05) is 6.54 Å². The lowest BCUT2D eigenvalue weighted by atomic mass is 10.1. The van der Waals surface area contributed by atoms with Crippen LogP contribution in [0.25, 0.3) is 6.08 Å². The molecule has 3 rings (SSSR count). The molecule has 1 aliphatic rings. The van der Waals surface area contributed by atoms with Crippen molar-refractivity contribution in [2.75, 3.05) is 13.2 Å². The largest absolute Gasteiger partial charge is 0.490 e. The van der Waals surface area contributed by atoms with Gasteiger partial charge in [0.15, 0.2) is 11.5 Å². The minimum atomic E-state index is -0.0443. The Balaban J connectivity index is 1.85. The summed E-state index contributed by atoms with van der Waals surface area (Å²) in [5.41, 5.74) is 1.92. The molecule has 0 radical (unpaired) electrons. The van der Waals surface area contributed by atoms with Gasteiger partial charge in [0.05, 0.1) is 16.0 Å². The van der Waals surface area contributed by atoms with Crippen LogP contribution >= 0.6 is 39.9 Å². The Morgan fingerprint density at radius 3 is 2.60 bits per heavy atom. The number of thioether (sulfide) groups is 1. The maximum atomic E-state index is 12.8. The molecule has 0 spiro atoms. The van der Waals surface area contributed by atoms with Crippen LogP contribution in [-0.2, 0) is 11.4 Å². The van der Waals surface area contributed by atoms with Crippen molar-refractivity contribution in [2.24, 2.45) is 5.92 Å². The molecule has 0 bridgehead atoms. The summed E-state index contributed by atoms with van der Waals surface area (Å²) in [7, 11) is 0. The third-order valence-corrected chi connectivity index (χ3v) is 6.24. The van der Waals surface area contributed by atoms with Crippen molar-refractivity contribution < 1.29 is 14.3 Å². The molecule has 0 N–H and O–H groups in total. The molecule has 30 heavy (non-hydrogen) atoms. The molecule has 2 aromatic carbocycles. The monoisotopic (exact) mass is 505 g/mol. The highest BCUT2D eigenvalue weighted by Gasteiger charge is 2.32. The molecule has 1 aliphatic heterocycles. The van der Waals surface area contributed by atoms with E-state index in [0.29, 0.717) is 46.4 Å². The number of ether oxygens (including phenoxy) is 2. The fourth-order valence-electron chi connectivity index (χ4n) is 2.98. The second kappa shape index (κ2) is 10.5. The minimum absolute atomic E-state index is 0.0443. The fourth-order valence-corrected chi connectivity index (χ4v) is 4.83. The topological polar surface area (TPSA) is 38.8 Å². The van der Waals surface area contributed by atoms with E-state index in [1.165, 1.54) is 11.8 Å². The zero-order valence-electron chi connectivity index (χ0n) is 17.2. The summed E-state index contributed by atoms with van der Waals surface area (Å²) in [5, 5.41) is 0. The molecule has 1 fully saturated rings. The minimum Gasteiger partial charge on any atom is -0.490 e. The van der Waals surface area contributed by atoms with E-state index in [4.69, 9.17) is 21.7 Å². The maximum absolute atomic E-state index is 12.8. The highest BCUT2D eigenvalue weighted by molar-refractivity contribution is 9.10. The van der Waals surface area contributed by atoms with Crippen LogP contribution < -0.4 is 9.47 Å². The number of amides is 1. The second-order valence-corrected chi connectivity index (χ2v) is 9.75. The summed E-state index contributed by atoms with van der Waals surface area (Å²) in [6.07, 6.45) is 1.86. The average Bonchev–Trinajstić information content (AvgIpc) is 2.95. The zero-order valence-corrected chi connectivity index (χ0v) is 20.4. The number of carbonyl (C=O) groups excluding carboxylic acids is 1. The van der Waals surface area contributed by atoms with E-state index in [1.807, 2.05) is 55.5 Å². The van der Waals surface area contributed by atoms with Crippen LogP contribution in [-0.4, -0.2) is 28.3 Å². The quantitative estimate of drug-likeness (QED) is 0.311. The van der Waals surface area contributed by atoms with Crippen molar-refractivity contribution in [3.63, 3.8) is 0 Å². The van der Waals surface area contributed by atoms with E-state index in [9.17, 15) is 4.79 Å². The average molecular weight is 506 g/mol. The van der Waals surface area contributed by atoms with Crippen molar-refractivity contribution in [1.82, 2.24) is 4.90 Å². The van der Waals surface area contributed by atoms with E-state index in [0.717, 1.165) is 15.6 Å². The van der Waals surface area contributed by atoms with Crippen LogP contribution in [0.1, 0.15) is 31.9 Å². The summed E-state index contributed by atoms with van der Waals surface area (Å²) in [6, 6.07) is 13.8. The van der Waals surface area contributed by atoms with Gasteiger partial charge in [-0.25, -0.2) is 0 Å². The number of benzene rings is 2. The molecule has 158 valence electrons. The van der Waals surface area contributed by atoms with Crippen molar-refractivity contribution in [2.45, 2.75) is 27.4 Å². The smallest absolute Gasteiger partial charge is 0.266 e. The molecule has 0 aromatic heterocycles. The van der Waals surface area contributed by atoms with Crippen molar-refractivity contribution in [3.05, 3.63) is 63.0 Å². The lowest BCUT2D eigenvalue weighted by Crippen LogP contribution is -2.31. The summed E-state index contributed by atoms with van der Waals surface area (Å²) < 4.78 is 13.2. The Hall–Kier alpha value is -1.83. The van der Waals surface area contributed by atoms with Crippen LogP contribution in [0.5, 0.6) is 11.5 Å². The number of rotatable bonds is 8. The highest BCUT2D eigenvalue weighted by Crippen LogP contribution is 2.40. The van der Waals surface area contributed by atoms with Crippen molar-refractivity contribution >= 4 is 56.2 Å². The Kier molecular flexibility index (Phi) is 7.97. The van der Waals surface area contributed by atoms with Crippen LogP contribution in [0.3, 0.4) is 0 Å². The zero-order chi connectivity index (χ0) is 21.7. The van der Waals surface area contributed by atoms with Crippen molar-refractivity contribution in [1.29, 1.82) is 0 Å². The summed E-state index contributed by atoms with van der Waals surface area (Å²) in [5.74, 6) is 1.58. The number of nitrogens with zero attached hydrogens (tertiary/aromatic N) is 1. The van der Waals surface area contributed by atoms with Gasteiger partial charge in [-0.15, -0.1) is 0 Å². The van der Waals surface area contributed by atoms with Gasteiger partial charge in [-0.05, 0) is 58.1 Å². The van der Waals surface area contributed by atoms with Gasteiger partial charge in [0.2, 0.25) is 0 Å². The first kappa shape index (κ1) is 22.8. The molecule has 1 amide bonds. The van der Waals surface area contributed by atoms with Crippen molar-refractivity contribution in [3.8, 4) is 11.5 Å². The Labute approximate surface area is 195 Å². The summed E-state index contributed by atoms with van der Waals surface area (Å²) >= 11 is 10.3. The summed E-state index contributed by atoms with van der Waals surface area (Å²) in [4.78, 5) is 15.1. The van der Waals surface area contributed by atoms with Gasteiger partial charge < -0.3 is 9.47 Å². The molecule has 1 heterocycles. The lowest BCUT2D eigenvalue weighted by molar-refractivity contribution is -0.122. The van der Waals surface area contributed by atoms with Gasteiger partial charge in [0.1, 0.15) is 10.9 Å². The highest BCUT2D eigenvalue weighted by atomic mass is 79.9. The van der Waals surface area contributed by atoms with E-state index in [-0.39, 0.29) is 5.91 Å². The van der Waals surface area contributed by atoms with Gasteiger partial charge in [-0.3, -0.25) is 9.69 Å². The fraction of sp³-hybridized carbons (Fsp3) is 0.304. The van der Waals surface area contributed by atoms with E-state index in [1.54, 1.807) is 4.90 Å². The van der Waals surface area contributed by atoms with E-state index < -0.39 is 0 Å². The van der Waals surface area contributed by atoms with Gasteiger partial charge in [-0.1, -0.05) is 68.2 Å². The first-order valence-electron chi connectivity index (χ1n) is 9.77. The van der Waals surface area contributed by atoms with Crippen LogP contribution in [0.4, 0.5) is 0 Å². The Morgan fingerprint density at radius 2 is 1.93 bits per heavy atom. The third-order valence-electron chi connectivity index (χ3n) is 4.28. The van der Waals surface area contributed by atoms with Gasteiger partial charge in [-0.2, -0.15) is 0 Å². The predicted molar refractivity (Wildman–Crippen MR) is 131 cm³/mol. The number of thiocarbonyl (C=S) groups is 1. The summed E-state index contributed by atoms with van der Waals surface area (Å²) in [6.45, 7) is 7.64. The molecule has 0 aliphatic carbocycles. The molecular weight excluding hydrogens is 482 g/mol. The van der Waals surface area contributed by atoms with E-state index in [2.05, 4.69) is 29.8 Å². The van der Waals surface area contributed by atoms with E-state index >= 15 is 0 Å². The van der Waals surface area contributed by atoms with Crippen LogP contribution in [0.15, 0.2) is 51.8 Å². The molecular formula is C23H24BrNO3S2. The molecule has 1 saturated heterocycles. The maximum Gasteiger partial charge on any atom is 0.266 e. The molecule has 2 aromatic rings. The number of halogens is 1. The van der Waals surface area contributed by atoms with Crippen LogP contribution in [0, 0.1) is 5.92 Å². The predicted octanol–water partition coefficient (Wildman–Crippen LogP) is 6.28. The molecule has 0 unspecified atom stereocenters. The van der Waals surface area contributed by atoms with Gasteiger partial charge in [0.25, 0.3) is 5.91 Å². The first-order chi connectivity index (χ1) is 14.4. The standard InChI is InChI=1S/C23H24BrNO3S2/c1-4-27-19-11-17(12-20-22(26)25(13-15(2)3)23(29)30-20)10-18(24)21(19)28-14-16-8-6-5-7-9-16/h5-12,15H,4,13-14H2,1-3H3/b20-12-. The molecule has 7 heteroatoms. The SMILES string of the molecule is CCOc1cc(/C=C2\SC(=S)N(CC(C)C)C2=O)cc(Br)c1OCc1ccccc1. The third kappa shape index (κ3) is 5.65. The molecule has 0 atom stereocenters. The van der Waals surface area contributed by atoms with Gasteiger partial charge >= 0.3 is 0 Å².